The van der Waals surface area contributed by atoms with Crippen molar-refractivity contribution in [1.82, 2.24) is 20.2 Å². The van der Waals surface area contributed by atoms with E-state index in [2.05, 4.69) is 30.3 Å². The van der Waals surface area contributed by atoms with Crippen LogP contribution in [0.1, 0.15) is 48.9 Å². The minimum atomic E-state index is -0.610. The van der Waals surface area contributed by atoms with Crippen LogP contribution < -0.4 is 10.2 Å². The molecular weight excluding hydrogens is 388 g/mol. The van der Waals surface area contributed by atoms with Crippen LogP contribution in [0, 0.1) is 18.2 Å². The van der Waals surface area contributed by atoms with Gasteiger partial charge in [0.15, 0.2) is 5.82 Å². The molecule has 1 unspecified atom stereocenters. The topological polar surface area (TPSA) is 74.1 Å². The van der Waals surface area contributed by atoms with E-state index < -0.39 is 11.6 Å². The third-order valence-electron chi connectivity index (χ3n) is 5.62. The maximum atomic E-state index is 14.4. The molecule has 1 aliphatic carbocycles. The highest BCUT2D eigenvalue weighted by Gasteiger charge is 2.32. The lowest BCUT2D eigenvalue weighted by atomic mass is 10.0. The van der Waals surface area contributed by atoms with E-state index in [9.17, 15) is 8.78 Å². The van der Waals surface area contributed by atoms with Crippen LogP contribution in [0.4, 0.5) is 31.9 Å². The second-order valence-corrected chi connectivity index (χ2v) is 7.63. The Morgan fingerprint density at radius 2 is 2.03 bits per heavy atom. The Kier molecular flexibility index (Phi) is 4.54. The number of hydrogen-bond acceptors (Lipinski definition) is 5. The van der Waals surface area contributed by atoms with Gasteiger partial charge in [0.1, 0.15) is 29.6 Å². The largest absolute Gasteiger partial charge is 0.358 e. The van der Waals surface area contributed by atoms with E-state index >= 15 is 0 Å². The molecule has 0 spiro atoms. The molecule has 2 N–H and O–H groups in total. The monoisotopic (exact) mass is 407 g/mol. The van der Waals surface area contributed by atoms with Crippen molar-refractivity contribution >= 4 is 23.1 Å². The van der Waals surface area contributed by atoms with Crippen LogP contribution >= 0.6 is 0 Å². The van der Waals surface area contributed by atoms with E-state index in [0.29, 0.717) is 41.9 Å². The number of rotatable bonds is 5. The van der Waals surface area contributed by atoms with Crippen molar-refractivity contribution in [3.63, 3.8) is 0 Å². The van der Waals surface area contributed by atoms with Crippen molar-refractivity contribution in [3.8, 4) is 0 Å². The number of H-pyrrole nitrogens is 1. The van der Waals surface area contributed by atoms with Gasteiger partial charge in [0.05, 0.1) is 12.6 Å². The van der Waals surface area contributed by atoms with Gasteiger partial charge in [0.25, 0.3) is 5.69 Å². The Labute approximate surface area is 172 Å². The molecule has 2 aromatic heterocycles. The van der Waals surface area contributed by atoms with Crippen molar-refractivity contribution in [2.45, 2.75) is 37.6 Å². The molecule has 7 nitrogen and oxygen atoms in total. The Morgan fingerprint density at radius 3 is 2.80 bits per heavy atom. The van der Waals surface area contributed by atoms with Crippen LogP contribution in [-0.2, 0) is 0 Å². The SMILES string of the molecule is [C-]#[N+]c1c(Nc2cc(C3CC3)[nH]n2)ncnc1N1CCCC1c1ccc(F)cc1F. The molecule has 0 amide bonds. The van der Waals surface area contributed by atoms with E-state index in [1.807, 2.05) is 11.0 Å². The lowest BCUT2D eigenvalue weighted by molar-refractivity contribution is 0.553. The average molecular weight is 407 g/mol. The normalized spacial score (nSPS) is 18.4. The highest BCUT2D eigenvalue weighted by molar-refractivity contribution is 5.81. The fourth-order valence-electron chi connectivity index (χ4n) is 4.01. The van der Waals surface area contributed by atoms with Gasteiger partial charge in [0.2, 0.25) is 0 Å². The maximum absolute atomic E-state index is 14.4. The molecule has 2 aliphatic rings. The first-order valence-electron chi connectivity index (χ1n) is 9.90. The molecule has 1 saturated carbocycles. The minimum Gasteiger partial charge on any atom is -0.358 e. The number of aromatic nitrogens is 4. The molecule has 5 rings (SSSR count). The summed E-state index contributed by atoms with van der Waals surface area (Å²) in [5.74, 6) is 0.716. The number of hydrogen-bond donors (Lipinski definition) is 2. The summed E-state index contributed by atoms with van der Waals surface area (Å²) in [5, 5.41) is 10.4. The summed E-state index contributed by atoms with van der Waals surface area (Å²) in [6.07, 6.45) is 5.20. The number of nitrogens with one attached hydrogen (secondary N) is 2. The molecule has 152 valence electrons. The zero-order chi connectivity index (χ0) is 20.7. The van der Waals surface area contributed by atoms with Gasteiger partial charge in [-0.1, -0.05) is 6.07 Å². The number of nitrogens with zero attached hydrogens (tertiary/aromatic N) is 5. The molecule has 1 atom stereocenters. The highest BCUT2D eigenvalue weighted by Crippen LogP contribution is 2.43. The van der Waals surface area contributed by atoms with Gasteiger partial charge in [-0.05, 0) is 31.7 Å². The minimum absolute atomic E-state index is 0.253. The van der Waals surface area contributed by atoms with E-state index in [-0.39, 0.29) is 11.7 Å². The van der Waals surface area contributed by atoms with Crippen molar-refractivity contribution < 1.29 is 8.78 Å². The third-order valence-corrected chi connectivity index (χ3v) is 5.62. The fraction of sp³-hybridized carbons (Fsp3) is 0.333. The summed E-state index contributed by atoms with van der Waals surface area (Å²) in [4.78, 5) is 14.1. The van der Waals surface area contributed by atoms with Crippen molar-refractivity contribution in [3.05, 3.63) is 64.9 Å². The van der Waals surface area contributed by atoms with E-state index in [1.54, 1.807) is 0 Å². The van der Waals surface area contributed by atoms with Gasteiger partial charge in [-0.25, -0.2) is 23.6 Å². The average Bonchev–Trinajstić information content (AvgIpc) is 3.29. The fourth-order valence-corrected chi connectivity index (χ4v) is 4.01. The second-order valence-electron chi connectivity index (χ2n) is 7.63. The van der Waals surface area contributed by atoms with Gasteiger partial charge in [0, 0.05) is 35.9 Å². The highest BCUT2D eigenvalue weighted by atomic mass is 19.1. The summed E-state index contributed by atoms with van der Waals surface area (Å²) in [7, 11) is 0. The van der Waals surface area contributed by atoms with Gasteiger partial charge in [-0.15, -0.1) is 0 Å². The molecular formula is C21H19F2N7. The molecule has 1 aromatic carbocycles. The summed E-state index contributed by atoms with van der Waals surface area (Å²) in [5.41, 5.74) is 1.73. The second kappa shape index (κ2) is 7.37. The number of benzene rings is 1. The van der Waals surface area contributed by atoms with Crippen LogP contribution in [0.2, 0.25) is 0 Å². The Morgan fingerprint density at radius 1 is 1.17 bits per heavy atom. The van der Waals surface area contributed by atoms with E-state index in [4.69, 9.17) is 6.57 Å². The first-order chi connectivity index (χ1) is 14.6. The first-order valence-corrected chi connectivity index (χ1v) is 9.90. The van der Waals surface area contributed by atoms with Gasteiger partial charge in [-0.3, -0.25) is 5.10 Å². The van der Waals surface area contributed by atoms with Crippen molar-refractivity contribution in [2.75, 3.05) is 16.8 Å². The van der Waals surface area contributed by atoms with Crippen LogP contribution in [0.5, 0.6) is 0 Å². The molecule has 1 saturated heterocycles. The van der Waals surface area contributed by atoms with Crippen LogP contribution in [0.15, 0.2) is 30.6 Å². The Bertz CT molecular complexity index is 1130. The molecule has 0 radical (unpaired) electrons. The molecule has 30 heavy (non-hydrogen) atoms. The summed E-state index contributed by atoms with van der Waals surface area (Å²) in [6.45, 7) is 8.33. The molecule has 1 aliphatic heterocycles. The number of aromatic amines is 1. The maximum Gasteiger partial charge on any atom is 0.269 e. The summed E-state index contributed by atoms with van der Waals surface area (Å²) < 4.78 is 27.8. The zero-order valence-corrected chi connectivity index (χ0v) is 16.1. The number of anilines is 3. The first kappa shape index (κ1) is 18.5. The van der Waals surface area contributed by atoms with Crippen molar-refractivity contribution in [1.29, 1.82) is 0 Å². The van der Waals surface area contributed by atoms with Crippen LogP contribution in [0.3, 0.4) is 0 Å². The third kappa shape index (κ3) is 3.34. The molecule has 0 bridgehead atoms. The lowest BCUT2D eigenvalue weighted by Gasteiger charge is -2.27. The van der Waals surface area contributed by atoms with E-state index in [0.717, 1.165) is 31.0 Å². The predicted octanol–water partition coefficient (Wildman–Crippen LogP) is 4.99. The van der Waals surface area contributed by atoms with Gasteiger partial charge >= 0.3 is 0 Å². The lowest BCUT2D eigenvalue weighted by Crippen LogP contribution is -2.24. The quantitative estimate of drug-likeness (QED) is 0.583. The van der Waals surface area contributed by atoms with Crippen LogP contribution in [-0.4, -0.2) is 26.7 Å². The van der Waals surface area contributed by atoms with Gasteiger partial charge in [-0.2, -0.15) is 5.10 Å². The zero-order valence-electron chi connectivity index (χ0n) is 16.1. The summed E-state index contributed by atoms with van der Waals surface area (Å²) in [6, 6.07) is 5.23. The standard InChI is InChI=1S/C21H19F2N7/c1-24-19-20(27-18-10-16(28-29-18)12-4-5-12)25-11-26-21(19)30-8-2-3-17(30)14-7-6-13(22)9-15(14)23/h6-7,9-12,17H,2-5,8H2,(H2,25,26,27,28,29). The Balaban J connectivity index is 1.47. The summed E-state index contributed by atoms with van der Waals surface area (Å²) >= 11 is 0. The molecule has 3 heterocycles. The molecule has 9 heteroatoms. The van der Waals surface area contributed by atoms with E-state index in [1.165, 1.54) is 18.5 Å². The molecule has 3 aromatic rings. The Hall–Kier alpha value is -3.54. The van der Waals surface area contributed by atoms with Crippen molar-refractivity contribution in [2.24, 2.45) is 0 Å². The predicted molar refractivity (Wildman–Crippen MR) is 108 cm³/mol. The smallest absolute Gasteiger partial charge is 0.269 e. The van der Waals surface area contributed by atoms with Crippen LogP contribution in [0.25, 0.3) is 4.85 Å². The molecule has 2 fully saturated rings. The number of halogens is 2. The van der Waals surface area contributed by atoms with Gasteiger partial charge < -0.3 is 10.2 Å².